The predicted molar refractivity (Wildman–Crippen MR) is 58.5 cm³/mol. The number of pyridine rings is 1. The highest BCUT2D eigenvalue weighted by molar-refractivity contribution is 5.23. The number of hydrogen-bond donors (Lipinski definition) is 1. The van der Waals surface area contributed by atoms with Crippen molar-refractivity contribution in [3.05, 3.63) is 59.9 Å². The minimum absolute atomic E-state index is 0.341. The van der Waals surface area contributed by atoms with Gasteiger partial charge in [0.05, 0.1) is 0 Å². The van der Waals surface area contributed by atoms with E-state index in [2.05, 4.69) is 17.1 Å². The van der Waals surface area contributed by atoms with E-state index in [4.69, 9.17) is 0 Å². The van der Waals surface area contributed by atoms with Crippen molar-refractivity contribution in [1.82, 2.24) is 0 Å². The van der Waals surface area contributed by atoms with Crippen LogP contribution in [-0.4, -0.2) is 5.11 Å². The summed E-state index contributed by atoms with van der Waals surface area (Å²) in [6.45, 7) is 0. The van der Waals surface area contributed by atoms with Gasteiger partial charge >= 0.3 is 0 Å². The second-order valence-electron chi connectivity index (χ2n) is 3.52. The Morgan fingerprint density at radius 1 is 0.933 bits per heavy atom. The summed E-state index contributed by atoms with van der Waals surface area (Å²) in [7, 11) is 0. The molecule has 2 aromatic rings. The van der Waals surface area contributed by atoms with Gasteiger partial charge in [0, 0.05) is 12.5 Å². The Hall–Kier alpha value is -1.83. The molecule has 0 bridgehead atoms. The van der Waals surface area contributed by atoms with Crippen LogP contribution in [-0.2, 0) is 12.8 Å². The number of H-pyrrole nitrogens is 1. The maximum absolute atomic E-state index is 9.56. The molecule has 1 heterocycles. The molecule has 76 valence electrons. The van der Waals surface area contributed by atoms with E-state index in [9.17, 15) is 5.11 Å². The summed E-state index contributed by atoms with van der Waals surface area (Å²) in [6, 6.07) is 13.8. The molecule has 2 N–H and O–H groups in total. The molecule has 0 amide bonds. The molecule has 0 spiro atoms. The van der Waals surface area contributed by atoms with Gasteiger partial charge in [0.15, 0.2) is 11.9 Å². The van der Waals surface area contributed by atoms with Crippen LogP contribution in [0.15, 0.2) is 48.7 Å². The summed E-state index contributed by atoms with van der Waals surface area (Å²) in [5.74, 6) is 0.341. The highest BCUT2D eigenvalue weighted by Gasteiger charge is 2.07. The van der Waals surface area contributed by atoms with E-state index in [1.54, 1.807) is 12.1 Å². The minimum Gasteiger partial charge on any atom is -0.503 e. The summed E-state index contributed by atoms with van der Waals surface area (Å²) in [6.07, 6.45) is 3.60. The van der Waals surface area contributed by atoms with Crippen LogP contribution in [0.2, 0.25) is 0 Å². The lowest BCUT2D eigenvalue weighted by Crippen LogP contribution is -2.10. The zero-order valence-corrected chi connectivity index (χ0v) is 8.48. The summed E-state index contributed by atoms with van der Waals surface area (Å²) in [4.78, 5) is 3.06. The Labute approximate surface area is 89.2 Å². The van der Waals surface area contributed by atoms with Crippen molar-refractivity contribution in [3.8, 4) is 5.75 Å². The summed E-state index contributed by atoms with van der Waals surface area (Å²) in [5, 5.41) is 9.56. The van der Waals surface area contributed by atoms with Gasteiger partial charge in [0.2, 0.25) is 5.69 Å². The summed E-state index contributed by atoms with van der Waals surface area (Å²) in [5.41, 5.74) is 2.18. The average molecular weight is 200 g/mol. The largest absolute Gasteiger partial charge is 0.503 e. The van der Waals surface area contributed by atoms with Crippen molar-refractivity contribution in [2.45, 2.75) is 12.8 Å². The fourth-order valence-electron chi connectivity index (χ4n) is 1.58. The number of nitrogens with one attached hydrogen (secondary N) is 1. The maximum atomic E-state index is 9.56. The fraction of sp³-hybridized carbons (Fsp3) is 0.154. The number of aromatic amines is 1. The molecule has 0 aliphatic heterocycles. The van der Waals surface area contributed by atoms with Gasteiger partial charge in [0.25, 0.3) is 0 Å². The lowest BCUT2D eigenvalue weighted by Gasteiger charge is -1.98. The quantitative estimate of drug-likeness (QED) is 0.807. The number of benzene rings is 1. The van der Waals surface area contributed by atoms with Crippen LogP contribution < -0.4 is 4.98 Å². The average Bonchev–Trinajstić information content (AvgIpc) is 2.29. The molecule has 0 aliphatic rings. The van der Waals surface area contributed by atoms with Gasteiger partial charge in [-0.25, -0.2) is 4.98 Å². The van der Waals surface area contributed by atoms with Crippen molar-refractivity contribution in [1.29, 1.82) is 0 Å². The SMILES string of the molecule is Oc1ccc[nH+]c1CCc1ccccc1. The lowest BCUT2D eigenvalue weighted by atomic mass is 10.1. The predicted octanol–water partition coefficient (Wildman–Crippen LogP) is 1.99. The molecule has 0 aliphatic carbocycles. The maximum Gasteiger partial charge on any atom is 0.222 e. The molecule has 1 aromatic heterocycles. The standard InChI is InChI=1S/C13H13NO/c15-13-7-4-10-14-12(13)9-8-11-5-2-1-3-6-11/h1-7,10,15H,8-9H2/p+1. The van der Waals surface area contributed by atoms with Gasteiger partial charge < -0.3 is 5.11 Å². The molecule has 1 aromatic carbocycles. The van der Waals surface area contributed by atoms with Crippen LogP contribution in [0.4, 0.5) is 0 Å². The van der Waals surface area contributed by atoms with Gasteiger partial charge in [-0.15, -0.1) is 0 Å². The zero-order chi connectivity index (χ0) is 10.5. The number of aryl methyl sites for hydroxylation is 2. The molecule has 15 heavy (non-hydrogen) atoms. The molecule has 0 unspecified atom stereocenters. The van der Waals surface area contributed by atoms with E-state index < -0.39 is 0 Å². The van der Waals surface area contributed by atoms with E-state index in [0.717, 1.165) is 18.5 Å². The normalized spacial score (nSPS) is 10.1. The molecule has 0 fully saturated rings. The molecule has 0 saturated heterocycles. The number of hydrogen-bond acceptors (Lipinski definition) is 1. The van der Waals surface area contributed by atoms with Gasteiger partial charge in [-0.05, 0) is 18.1 Å². The molecular weight excluding hydrogens is 186 g/mol. The first kappa shape index (κ1) is 9.71. The topological polar surface area (TPSA) is 34.4 Å². The molecule has 2 heteroatoms. The molecule has 2 nitrogen and oxygen atoms in total. The van der Waals surface area contributed by atoms with E-state index >= 15 is 0 Å². The molecule has 0 radical (unpaired) electrons. The van der Waals surface area contributed by atoms with Crippen LogP contribution in [0.25, 0.3) is 0 Å². The Morgan fingerprint density at radius 3 is 2.47 bits per heavy atom. The van der Waals surface area contributed by atoms with Crippen LogP contribution >= 0.6 is 0 Å². The smallest absolute Gasteiger partial charge is 0.222 e. The Balaban J connectivity index is 2.03. The third-order valence-electron chi connectivity index (χ3n) is 2.42. The first-order valence-corrected chi connectivity index (χ1v) is 5.09. The van der Waals surface area contributed by atoms with E-state index in [1.165, 1.54) is 5.56 Å². The second-order valence-corrected chi connectivity index (χ2v) is 3.52. The Kier molecular flexibility index (Phi) is 2.98. The van der Waals surface area contributed by atoms with E-state index in [0.29, 0.717) is 5.75 Å². The van der Waals surface area contributed by atoms with Crippen LogP contribution in [0.3, 0.4) is 0 Å². The van der Waals surface area contributed by atoms with Gasteiger partial charge in [0.1, 0.15) is 0 Å². The minimum atomic E-state index is 0.341. The molecular formula is C13H14NO+. The van der Waals surface area contributed by atoms with Crippen LogP contribution in [0.1, 0.15) is 11.3 Å². The van der Waals surface area contributed by atoms with Crippen molar-refractivity contribution >= 4 is 0 Å². The molecule has 0 saturated carbocycles. The molecule has 2 rings (SSSR count). The zero-order valence-electron chi connectivity index (χ0n) is 8.48. The third kappa shape index (κ3) is 2.56. The van der Waals surface area contributed by atoms with Crippen molar-refractivity contribution in [2.75, 3.05) is 0 Å². The second kappa shape index (κ2) is 4.60. The highest BCUT2D eigenvalue weighted by Crippen LogP contribution is 2.12. The highest BCUT2D eigenvalue weighted by atomic mass is 16.3. The van der Waals surface area contributed by atoms with E-state index in [1.807, 2.05) is 24.4 Å². The van der Waals surface area contributed by atoms with Gasteiger partial charge in [-0.2, -0.15) is 0 Å². The lowest BCUT2D eigenvalue weighted by molar-refractivity contribution is -0.391. The van der Waals surface area contributed by atoms with Gasteiger partial charge in [-0.3, -0.25) is 0 Å². The summed E-state index contributed by atoms with van der Waals surface area (Å²) >= 11 is 0. The Bertz CT molecular complexity index is 426. The van der Waals surface area contributed by atoms with Crippen LogP contribution in [0, 0.1) is 0 Å². The number of aromatic hydroxyl groups is 1. The Morgan fingerprint density at radius 2 is 1.73 bits per heavy atom. The van der Waals surface area contributed by atoms with E-state index in [-0.39, 0.29) is 0 Å². The number of rotatable bonds is 3. The first-order valence-electron chi connectivity index (χ1n) is 5.09. The molecule has 0 atom stereocenters. The summed E-state index contributed by atoms with van der Waals surface area (Å²) < 4.78 is 0. The monoisotopic (exact) mass is 200 g/mol. The van der Waals surface area contributed by atoms with Crippen molar-refractivity contribution in [3.63, 3.8) is 0 Å². The first-order chi connectivity index (χ1) is 7.36. The van der Waals surface area contributed by atoms with Crippen LogP contribution in [0.5, 0.6) is 5.75 Å². The van der Waals surface area contributed by atoms with Crippen molar-refractivity contribution in [2.24, 2.45) is 0 Å². The van der Waals surface area contributed by atoms with Gasteiger partial charge in [-0.1, -0.05) is 30.3 Å². The van der Waals surface area contributed by atoms with Crippen molar-refractivity contribution < 1.29 is 10.1 Å². The number of aromatic nitrogens is 1. The third-order valence-corrected chi connectivity index (χ3v) is 2.42. The fourth-order valence-corrected chi connectivity index (χ4v) is 1.58.